The first-order valence-electron chi connectivity index (χ1n) is 29.0. The topological polar surface area (TPSA) is 464 Å². The zero-order valence-electron chi connectivity index (χ0n) is 50.4. The largest absolute Gasteiger partial charge is 0.481 e. The zero-order chi connectivity index (χ0) is 67.5. The number of carbonyl (C=O) groups is 8. The van der Waals surface area contributed by atoms with Gasteiger partial charge in [0.2, 0.25) is 17.7 Å². The van der Waals surface area contributed by atoms with Crippen LogP contribution in [-0.4, -0.2) is 190 Å². The van der Waals surface area contributed by atoms with E-state index in [0.29, 0.717) is 11.3 Å². The zero-order valence-corrected chi connectivity index (χ0v) is 53.8. The van der Waals surface area contributed by atoms with Gasteiger partial charge < -0.3 is 84.9 Å². The third-order valence-corrected chi connectivity index (χ3v) is 18.3. The number of carboxylic acid groups (broad SMARTS) is 1. The fourth-order valence-corrected chi connectivity index (χ4v) is 13.4. The summed E-state index contributed by atoms with van der Waals surface area (Å²) in [7, 11) is 1.40. The monoisotopic (exact) mass is 1380 g/mol. The summed E-state index contributed by atoms with van der Waals surface area (Å²) in [5, 5.41) is 21.8. The van der Waals surface area contributed by atoms with Gasteiger partial charge >= 0.3 is 37.6 Å². The van der Waals surface area contributed by atoms with Crippen LogP contribution in [0.3, 0.4) is 0 Å². The van der Waals surface area contributed by atoms with E-state index >= 15 is 8.78 Å². The van der Waals surface area contributed by atoms with Gasteiger partial charge in [-0.3, -0.25) is 38.4 Å². The number of anilines is 3. The second kappa shape index (κ2) is 31.5. The minimum absolute atomic E-state index is 0.00929. The summed E-state index contributed by atoms with van der Waals surface area (Å²) in [4.78, 5) is 149. The molecule has 1 aliphatic carbocycles. The van der Waals surface area contributed by atoms with Crippen LogP contribution in [0.4, 0.5) is 40.5 Å². The van der Waals surface area contributed by atoms with Crippen molar-refractivity contribution in [1.82, 2.24) is 59.9 Å². The molecule has 12 N–H and O–H groups in total. The fraction of sp³-hybridized carbons (Fsp3) is 0.547. The Balaban J connectivity index is 0.797. The van der Waals surface area contributed by atoms with Crippen LogP contribution in [0.2, 0.25) is 0 Å². The number of ether oxygens (including phenoxy) is 3. The number of hydrogen-bond donors (Lipinski definition) is 10. The summed E-state index contributed by atoms with van der Waals surface area (Å²) in [6.45, 7) is -5.64. The van der Waals surface area contributed by atoms with Gasteiger partial charge in [0.15, 0.2) is 46.6 Å². The molecule has 2 aliphatic heterocycles. The van der Waals surface area contributed by atoms with Gasteiger partial charge in [0.1, 0.15) is 55.9 Å². The third kappa shape index (κ3) is 18.8. The SMILES string of the molecule is CC(CC(=O)O)C(=O)NCCC(=O)N[C@H](C(=O)C[C@@H](CCCNC(N)=O)C(=O)Nc1ccc(COC(=O)N(C)CCOC(=O)Nc2ncnc3c2ncn3[C@@H]2C[C@@H]3COP(O)(=S)O[C@H]4[C@@H](F)[C@H](n5cnc6c(N)ncnc65)O[C@@H]4COP(O)(=S)O[C@H]3[C@H]2F)cc1)C(C)C. The lowest BCUT2D eigenvalue weighted by Gasteiger charge is -2.30. The van der Waals surface area contributed by atoms with Crippen molar-refractivity contribution in [2.24, 2.45) is 29.4 Å². The molecule has 1 saturated carbocycles. The molecule has 1 aromatic carbocycles. The van der Waals surface area contributed by atoms with Crippen molar-refractivity contribution < 1.29 is 94.3 Å². The number of imidazole rings is 2. The molecule has 40 heteroatoms. The first-order valence-corrected chi connectivity index (χ1v) is 34.2. The van der Waals surface area contributed by atoms with E-state index in [1.54, 1.807) is 38.1 Å². The third-order valence-electron chi connectivity index (χ3n) is 15.2. The summed E-state index contributed by atoms with van der Waals surface area (Å²) in [6, 6.07) is 3.36. The van der Waals surface area contributed by atoms with Gasteiger partial charge in [0.25, 0.3) is 0 Å². The van der Waals surface area contributed by atoms with Crippen molar-refractivity contribution >= 4 is 124 Å². The molecule has 6 heterocycles. The Kier molecular flexibility index (Phi) is 24.1. The number of fused-ring (bicyclic) bond motifs is 4. The first-order chi connectivity index (χ1) is 44.1. The van der Waals surface area contributed by atoms with E-state index in [1.807, 2.05) is 0 Å². The summed E-state index contributed by atoms with van der Waals surface area (Å²) >= 11 is 10.6. The maximum absolute atomic E-state index is 16.8. The lowest BCUT2D eigenvalue weighted by atomic mass is 9.89. The average molecular weight is 1380 g/mol. The predicted octanol–water partition coefficient (Wildman–Crippen LogP) is 3.17. The number of nitrogens with one attached hydrogen (secondary N) is 5. The molecular formula is C53H70F2N16O18P2S2. The number of halogens is 2. The Labute approximate surface area is 538 Å². The van der Waals surface area contributed by atoms with E-state index < -0.39 is 147 Å². The minimum Gasteiger partial charge on any atom is -0.481 e. The molecule has 13 atom stereocenters. The molecule has 3 aliphatic rings. The Bertz CT molecular complexity index is 3660. The lowest BCUT2D eigenvalue weighted by Crippen LogP contribution is -2.46. The number of nitrogens with zero attached hydrogens (tertiary/aromatic N) is 9. The predicted molar refractivity (Wildman–Crippen MR) is 329 cm³/mol. The molecule has 5 aromatic rings. The number of amides is 7. The second-order valence-electron chi connectivity index (χ2n) is 22.4. The Morgan fingerprint density at radius 3 is 2.18 bits per heavy atom. The van der Waals surface area contributed by atoms with Gasteiger partial charge in [-0.05, 0) is 66.5 Å². The molecule has 8 rings (SSSR count). The Hall–Kier alpha value is -7.64. The number of nitrogens with two attached hydrogens (primary N) is 2. The van der Waals surface area contributed by atoms with Crippen LogP contribution in [0.15, 0.2) is 49.6 Å². The molecule has 34 nitrogen and oxygen atoms in total. The number of aliphatic carboxylic acids is 1. The number of urea groups is 1. The number of likely N-dealkylation sites (N-methyl/N-ethyl adjacent to an activating group) is 1. The lowest BCUT2D eigenvalue weighted by molar-refractivity contribution is -0.140. The van der Waals surface area contributed by atoms with Crippen LogP contribution >= 0.6 is 13.4 Å². The molecule has 2 saturated heterocycles. The summed E-state index contributed by atoms with van der Waals surface area (Å²) in [5.41, 5.74) is 12.3. The van der Waals surface area contributed by atoms with E-state index in [0.717, 1.165) is 17.6 Å². The number of nitrogen functional groups attached to an aromatic ring is 1. The van der Waals surface area contributed by atoms with Crippen LogP contribution in [0.5, 0.6) is 0 Å². The van der Waals surface area contributed by atoms with Crippen molar-refractivity contribution in [1.29, 1.82) is 0 Å². The molecule has 3 unspecified atom stereocenters. The minimum atomic E-state index is -4.36. The fourth-order valence-electron chi connectivity index (χ4n) is 10.4. The highest BCUT2D eigenvalue weighted by Gasteiger charge is 2.53. The number of alkyl halides is 2. The Morgan fingerprint density at radius 1 is 0.817 bits per heavy atom. The molecule has 93 heavy (non-hydrogen) atoms. The van der Waals surface area contributed by atoms with Gasteiger partial charge in [-0.2, -0.15) is 0 Å². The molecule has 0 radical (unpaired) electrons. The van der Waals surface area contributed by atoms with E-state index in [4.69, 9.17) is 72.5 Å². The van der Waals surface area contributed by atoms with Gasteiger partial charge in [-0.1, -0.05) is 32.9 Å². The number of aromatic nitrogens is 8. The number of carboxylic acids is 1. The summed E-state index contributed by atoms with van der Waals surface area (Å²) < 4.78 is 75.2. The normalized spacial score (nSPS) is 24.8. The van der Waals surface area contributed by atoms with Crippen molar-refractivity contribution in [2.45, 2.75) is 115 Å². The number of benzene rings is 1. The van der Waals surface area contributed by atoms with E-state index in [-0.39, 0.29) is 105 Å². The van der Waals surface area contributed by atoms with Crippen molar-refractivity contribution in [2.75, 3.05) is 62.9 Å². The average Bonchev–Trinajstić information content (AvgIpc) is 1.62. The Morgan fingerprint density at radius 2 is 1.48 bits per heavy atom. The van der Waals surface area contributed by atoms with Crippen LogP contribution in [-0.2, 0) is 86.5 Å². The van der Waals surface area contributed by atoms with Crippen LogP contribution in [0.1, 0.15) is 77.1 Å². The second-order valence-corrected chi connectivity index (χ2v) is 27.9. The highest BCUT2D eigenvalue weighted by atomic mass is 32.5. The first kappa shape index (κ1) is 71.2. The standard InChI is InChI=1S/C53H70F2N16O18P2S2/c1-26(2)39(67-35(73)11-13-58-48(76)27(3)16-36(74)75)33(72)18-29(6-5-12-59-51(57)78)49(77)66-31-9-7-28(8-10-31)19-84-53(80)69(4)14-15-83-52(79)68-45-41-47(63-23-61-45)70(24-65-41)32-17-30-20-85-90(81,92)89-43-34(21-86-91(82,93)88-42(30)37(32)54)87-50(38(43)55)71-25-64-40-44(56)60-22-62-46(40)71/h7-10,22-27,29-30,32,34,37-39,42-43,50H,5-6,11-21H2,1-4H3,(H,58,76)(H,66,77)(H,67,73)(H,74,75)(H,81,92)(H,82,93)(H2,56,60,62)(H3,57,59,78)(H,61,63,68,79)/t27?,29-,30-,32-,34-,37+,38-,39+,42-,43-,50-,90?,91?/m1/s1. The van der Waals surface area contributed by atoms with E-state index in [1.165, 1.54) is 35.8 Å². The number of carbonyl (C=O) groups excluding carboxylic acids is 7. The van der Waals surface area contributed by atoms with Crippen molar-refractivity contribution in [3.8, 4) is 0 Å². The smallest absolute Gasteiger partial charge is 0.412 e. The number of rotatable bonds is 25. The van der Waals surface area contributed by atoms with Gasteiger partial charge in [-0.25, -0.2) is 53.1 Å². The maximum Gasteiger partial charge on any atom is 0.412 e. The molecule has 0 bridgehead atoms. The van der Waals surface area contributed by atoms with E-state index in [2.05, 4.69) is 56.5 Å². The van der Waals surface area contributed by atoms with Crippen LogP contribution in [0, 0.1) is 23.7 Å². The van der Waals surface area contributed by atoms with Gasteiger partial charge in [0.05, 0.1) is 50.9 Å². The van der Waals surface area contributed by atoms with Crippen molar-refractivity contribution in [3.05, 3.63) is 55.1 Å². The van der Waals surface area contributed by atoms with Gasteiger partial charge in [0, 0.05) is 56.4 Å². The highest BCUT2D eigenvalue weighted by Crippen LogP contribution is 2.56. The van der Waals surface area contributed by atoms with Gasteiger partial charge in [-0.15, -0.1) is 0 Å². The maximum atomic E-state index is 16.8. The number of Topliss-reactive ketones (excluding diaryl/α,β-unsaturated/α-hetero) is 1. The molecule has 3 fully saturated rings. The van der Waals surface area contributed by atoms with E-state index in [9.17, 15) is 48.1 Å². The number of ketones is 1. The molecular weight excluding hydrogens is 1310 g/mol. The summed E-state index contributed by atoms with van der Waals surface area (Å²) in [6.07, 6.45) is -7.73. The van der Waals surface area contributed by atoms with Crippen LogP contribution < -0.4 is 38.1 Å². The molecule has 7 amide bonds. The molecule has 4 aromatic heterocycles. The number of hydrogen-bond acceptors (Lipinski definition) is 24. The molecule has 506 valence electrons. The molecule has 0 spiro atoms. The highest BCUT2D eigenvalue weighted by molar-refractivity contribution is 8.07. The summed E-state index contributed by atoms with van der Waals surface area (Å²) in [5.74, 6) is -6.43. The van der Waals surface area contributed by atoms with Crippen molar-refractivity contribution in [3.63, 3.8) is 0 Å². The number of primary amides is 1. The quantitative estimate of drug-likeness (QED) is 0.0296. The van der Waals surface area contributed by atoms with Crippen LogP contribution in [0.25, 0.3) is 22.3 Å².